The van der Waals surface area contributed by atoms with Crippen molar-refractivity contribution in [1.82, 2.24) is 4.90 Å². The van der Waals surface area contributed by atoms with Crippen molar-refractivity contribution in [3.05, 3.63) is 12.7 Å². The van der Waals surface area contributed by atoms with E-state index >= 15 is 0 Å². The van der Waals surface area contributed by atoms with Gasteiger partial charge in [-0.2, -0.15) is 0 Å². The molecule has 1 aliphatic rings. The Morgan fingerprint density at radius 1 is 1.44 bits per heavy atom. The molecule has 0 aliphatic heterocycles. The summed E-state index contributed by atoms with van der Waals surface area (Å²) in [4.78, 5) is 14.1. The van der Waals surface area contributed by atoms with Crippen LogP contribution < -0.4 is 0 Å². The van der Waals surface area contributed by atoms with Gasteiger partial charge >= 0.3 is 0 Å². The Bertz CT molecular complexity index is 244. The van der Waals surface area contributed by atoms with E-state index in [9.17, 15) is 4.79 Å². The Morgan fingerprint density at radius 2 is 2.06 bits per heavy atom. The lowest BCUT2D eigenvalue weighted by atomic mass is 9.74. The minimum atomic E-state index is -0.212. The molecule has 0 bridgehead atoms. The van der Waals surface area contributed by atoms with E-state index in [1.54, 1.807) is 11.0 Å². The molecule has 1 amide bonds. The zero-order chi connectivity index (χ0) is 12.0. The number of carbonyl (C=O) groups excluding carboxylic acids is 1. The minimum absolute atomic E-state index is 0.0235. The Morgan fingerprint density at radius 3 is 2.56 bits per heavy atom. The molecule has 0 heterocycles. The molecule has 0 aromatic heterocycles. The second-order valence-electron chi connectivity index (χ2n) is 4.88. The number of hydrogen-bond acceptors (Lipinski definition) is 2. The van der Waals surface area contributed by atoms with Gasteiger partial charge in [-0.05, 0) is 12.8 Å². The number of aliphatic hydroxyl groups is 1. The maximum Gasteiger partial charge on any atom is 0.228 e. The third-order valence-corrected chi connectivity index (χ3v) is 3.48. The van der Waals surface area contributed by atoms with E-state index in [0.717, 1.165) is 25.7 Å². The van der Waals surface area contributed by atoms with Crippen molar-refractivity contribution in [3.63, 3.8) is 0 Å². The fourth-order valence-corrected chi connectivity index (χ4v) is 2.48. The highest BCUT2D eigenvalue weighted by Crippen LogP contribution is 2.37. The molecular weight excluding hydrogens is 202 g/mol. The molecule has 3 nitrogen and oxygen atoms in total. The van der Waals surface area contributed by atoms with E-state index in [1.807, 2.05) is 0 Å². The molecular formula is C13H23NO2. The summed E-state index contributed by atoms with van der Waals surface area (Å²) >= 11 is 0. The van der Waals surface area contributed by atoms with E-state index in [-0.39, 0.29) is 17.9 Å². The van der Waals surface area contributed by atoms with Gasteiger partial charge in [-0.15, -0.1) is 6.58 Å². The maximum absolute atomic E-state index is 12.4. The first-order valence-electron chi connectivity index (χ1n) is 6.15. The van der Waals surface area contributed by atoms with Crippen LogP contribution in [0.25, 0.3) is 0 Å². The van der Waals surface area contributed by atoms with Crippen molar-refractivity contribution in [2.24, 2.45) is 5.41 Å². The number of hydrogen-bond donors (Lipinski definition) is 1. The van der Waals surface area contributed by atoms with Crippen LogP contribution in [0.3, 0.4) is 0 Å². The molecule has 3 heteroatoms. The van der Waals surface area contributed by atoms with E-state index in [4.69, 9.17) is 5.11 Å². The van der Waals surface area contributed by atoms with Crippen molar-refractivity contribution < 1.29 is 9.90 Å². The van der Waals surface area contributed by atoms with Gasteiger partial charge in [-0.3, -0.25) is 4.79 Å². The number of nitrogens with zero attached hydrogens (tertiary/aromatic N) is 1. The second-order valence-corrected chi connectivity index (χ2v) is 4.88. The largest absolute Gasteiger partial charge is 0.395 e. The first-order chi connectivity index (χ1) is 7.64. The first kappa shape index (κ1) is 13.2. The summed E-state index contributed by atoms with van der Waals surface area (Å²) < 4.78 is 0. The van der Waals surface area contributed by atoms with Crippen LogP contribution in [0.2, 0.25) is 0 Å². The number of amides is 1. The highest BCUT2D eigenvalue weighted by Gasteiger charge is 2.36. The van der Waals surface area contributed by atoms with Gasteiger partial charge in [-0.25, -0.2) is 0 Å². The lowest BCUT2D eigenvalue weighted by Gasteiger charge is -2.36. The van der Waals surface area contributed by atoms with Crippen LogP contribution in [0.1, 0.15) is 39.0 Å². The van der Waals surface area contributed by atoms with Crippen LogP contribution in [0.5, 0.6) is 0 Å². The topological polar surface area (TPSA) is 40.5 Å². The third kappa shape index (κ3) is 3.08. The van der Waals surface area contributed by atoms with Crippen molar-refractivity contribution in [2.75, 3.05) is 19.7 Å². The van der Waals surface area contributed by atoms with E-state index in [1.165, 1.54) is 6.42 Å². The predicted octanol–water partition coefficient (Wildman–Crippen LogP) is 1.96. The Balaban J connectivity index is 2.67. The molecule has 0 unspecified atom stereocenters. The van der Waals surface area contributed by atoms with E-state index in [2.05, 4.69) is 13.5 Å². The molecule has 0 radical (unpaired) electrons. The van der Waals surface area contributed by atoms with E-state index in [0.29, 0.717) is 13.1 Å². The smallest absolute Gasteiger partial charge is 0.228 e. The monoisotopic (exact) mass is 225 g/mol. The van der Waals surface area contributed by atoms with Crippen molar-refractivity contribution in [1.29, 1.82) is 0 Å². The summed E-state index contributed by atoms with van der Waals surface area (Å²) in [6, 6.07) is 0. The summed E-state index contributed by atoms with van der Waals surface area (Å²) in [6.45, 7) is 6.69. The van der Waals surface area contributed by atoms with Crippen LogP contribution in [0.15, 0.2) is 12.7 Å². The van der Waals surface area contributed by atoms with E-state index < -0.39 is 0 Å². The lowest BCUT2D eigenvalue weighted by molar-refractivity contribution is -0.143. The lowest BCUT2D eigenvalue weighted by Crippen LogP contribution is -2.44. The summed E-state index contributed by atoms with van der Waals surface area (Å²) in [5, 5.41) is 8.97. The Hall–Kier alpha value is -0.830. The molecule has 0 saturated heterocycles. The Labute approximate surface area is 98.1 Å². The molecule has 92 valence electrons. The molecule has 1 fully saturated rings. The molecule has 0 spiro atoms. The normalized spacial score (nSPS) is 19.1. The molecule has 1 aliphatic carbocycles. The zero-order valence-electron chi connectivity index (χ0n) is 10.2. The van der Waals surface area contributed by atoms with Crippen LogP contribution in [0, 0.1) is 5.41 Å². The van der Waals surface area contributed by atoms with Crippen molar-refractivity contribution >= 4 is 5.91 Å². The highest BCUT2D eigenvalue weighted by atomic mass is 16.3. The summed E-state index contributed by atoms with van der Waals surface area (Å²) in [7, 11) is 0. The van der Waals surface area contributed by atoms with Crippen molar-refractivity contribution in [2.45, 2.75) is 39.0 Å². The van der Waals surface area contributed by atoms with Gasteiger partial charge in [0, 0.05) is 18.5 Å². The highest BCUT2D eigenvalue weighted by molar-refractivity contribution is 5.82. The summed E-state index contributed by atoms with van der Waals surface area (Å²) in [5.74, 6) is 0.182. The number of rotatable bonds is 5. The third-order valence-electron chi connectivity index (χ3n) is 3.48. The van der Waals surface area contributed by atoms with Gasteiger partial charge in [-0.1, -0.05) is 32.3 Å². The van der Waals surface area contributed by atoms with Gasteiger partial charge < -0.3 is 10.0 Å². The molecule has 1 saturated carbocycles. The number of carbonyl (C=O) groups is 1. The average Bonchev–Trinajstić information content (AvgIpc) is 2.29. The average molecular weight is 225 g/mol. The fraction of sp³-hybridized carbons (Fsp3) is 0.769. The number of aliphatic hydroxyl groups excluding tert-OH is 1. The van der Waals surface area contributed by atoms with Crippen molar-refractivity contribution in [3.8, 4) is 0 Å². The maximum atomic E-state index is 12.4. The van der Waals surface area contributed by atoms with Gasteiger partial charge in [0.2, 0.25) is 5.91 Å². The first-order valence-corrected chi connectivity index (χ1v) is 6.15. The zero-order valence-corrected chi connectivity index (χ0v) is 10.2. The SMILES string of the molecule is C=CCN(CCO)C(=O)C1(C)CCCCC1. The van der Waals surface area contributed by atoms with Crippen LogP contribution in [-0.4, -0.2) is 35.6 Å². The van der Waals surface area contributed by atoms with Gasteiger partial charge in [0.1, 0.15) is 0 Å². The quantitative estimate of drug-likeness (QED) is 0.727. The van der Waals surface area contributed by atoms with Crippen LogP contribution in [-0.2, 0) is 4.79 Å². The predicted molar refractivity (Wildman–Crippen MR) is 65.1 cm³/mol. The van der Waals surface area contributed by atoms with Gasteiger partial charge in [0.05, 0.1) is 6.61 Å². The standard InChI is InChI=1S/C13H23NO2/c1-3-9-14(10-11-15)12(16)13(2)7-5-4-6-8-13/h3,15H,1,4-11H2,2H3. The van der Waals surface area contributed by atoms with Crippen LogP contribution >= 0.6 is 0 Å². The minimum Gasteiger partial charge on any atom is -0.395 e. The molecule has 1 rings (SSSR count). The molecule has 1 N–H and O–H groups in total. The molecule has 16 heavy (non-hydrogen) atoms. The van der Waals surface area contributed by atoms with Gasteiger partial charge in [0.15, 0.2) is 0 Å². The summed E-state index contributed by atoms with van der Waals surface area (Å²) in [5.41, 5.74) is -0.212. The second kappa shape index (κ2) is 6.04. The summed E-state index contributed by atoms with van der Waals surface area (Å²) in [6.07, 6.45) is 7.20. The van der Waals surface area contributed by atoms with Gasteiger partial charge in [0.25, 0.3) is 0 Å². The van der Waals surface area contributed by atoms with Crippen LogP contribution in [0.4, 0.5) is 0 Å². The molecule has 0 atom stereocenters. The molecule has 0 aromatic carbocycles. The Kier molecular flexibility index (Phi) is 5.00. The fourth-order valence-electron chi connectivity index (χ4n) is 2.48. The molecule has 0 aromatic rings.